The van der Waals surface area contributed by atoms with Crippen LogP contribution >= 0.6 is 11.3 Å². The molecule has 3 rings (SSSR count). The summed E-state index contributed by atoms with van der Waals surface area (Å²) < 4.78 is 0. The number of aromatic carboxylic acids is 1. The number of thiophene rings is 1. The normalized spacial score (nSPS) is 11.2. The molecule has 6 nitrogen and oxygen atoms in total. The second-order valence-corrected chi connectivity index (χ2v) is 6.19. The maximum Gasteiger partial charge on any atom is 0.335 e. The molecular formula is C16H14N4O2S. The molecule has 0 amide bonds. The number of nitrogens with zero attached hydrogens (tertiary/aromatic N) is 3. The van der Waals surface area contributed by atoms with Gasteiger partial charge >= 0.3 is 5.97 Å². The van der Waals surface area contributed by atoms with Gasteiger partial charge in [-0.1, -0.05) is 12.1 Å². The highest BCUT2D eigenvalue weighted by molar-refractivity contribution is 7.18. The Bertz CT molecular complexity index is 900. The maximum absolute atomic E-state index is 10.8. The Morgan fingerprint density at radius 2 is 2.00 bits per heavy atom. The molecule has 2 N–H and O–H groups in total. The van der Waals surface area contributed by atoms with E-state index >= 15 is 0 Å². The summed E-state index contributed by atoms with van der Waals surface area (Å²) in [7, 11) is 0. The van der Waals surface area contributed by atoms with Gasteiger partial charge in [0.2, 0.25) is 0 Å². The maximum atomic E-state index is 10.8. The van der Waals surface area contributed by atoms with Gasteiger partial charge in [-0.25, -0.2) is 14.8 Å². The minimum Gasteiger partial charge on any atom is -0.478 e. The van der Waals surface area contributed by atoms with E-state index in [1.165, 1.54) is 11.2 Å². The van der Waals surface area contributed by atoms with E-state index in [9.17, 15) is 4.79 Å². The molecule has 0 unspecified atom stereocenters. The van der Waals surface area contributed by atoms with E-state index in [1.54, 1.807) is 41.8 Å². The average Bonchev–Trinajstić information content (AvgIpc) is 2.83. The van der Waals surface area contributed by atoms with Crippen LogP contribution in [0.5, 0.6) is 0 Å². The predicted molar refractivity (Wildman–Crippen MR) is 91.5 cm³/mol. The summed E-state index contributed by atoms with van der Waals surface area (Å²) in [6.07, 6.45) is 3.13. The van der Waals surface area contributed by atoms with E-state index in [0.29, 0.717) is 5.82 Å². The van der Waals surface area contributed by atoms with Crippen molar-refractivity contribution in [3.8, 4) is 0 Å². The van der Waals surface area contributed by atoms with Crippen molar-refractivity contribution in [1.29, 1.82) is 0 Å². The van der Waals surface area contributed by atoms with Crippen molar-refractivity contribution in [3.63, 3.8) is 0 Å². The van der Waals surface area contributed by atoms with E-state index in [-0.39, 0.29) is 5.56 Å². The molecule has 0 saturated carbocycles. The third-order valence-corrected chi connectivity index (χ3v) is 4.62. The van der Waals surface area contributed by atoms with Crippen LogP contribution in [0.1, 0.15) is 26.4 Å². The number of carbonyl (C=O) groups is 1. The molecule has 0 aliphatic rings. The van der Waals surface area contributed by atoms with Crippen LogP contribution in [0, 0.1) is 13.8 Å². The third kappa shape index (κ3) is 3.04. The van der Waals surface area contributed by atoms with Crippen molar-refractivity contribution in [2.75, 3.05) is 5.43 Å². The molecule has 0 radical (unpaired) electrons. The van der Waals surface area contributed by atoms with Gasteiger partial charge in [-0.05, 0) is 37.1 Å². The van der Waals surface area contributed by atoms with E-state index in [1.807, 2.05) is 6.92 Å². The second kappa shape index (κ2) is 6.13. The molecule has 0 atom stereocenters. The first-order valence-corrected chi connectivity index (χ1v) is 7.71. The van der Waals surface area contributed by atoms with Crippen LogP contribution < -0.4 is 5.43 Å². The first-order valence-electron chi connectivity index (χ1n) is 6.89. The van der Waals surface area contributed by atoms with Crippen LogP contribution in [0.25, 0.3) is 10.2 Å². The van der Waals surface area contributed by atoms with Crippen LogP contribution in [-0.2, 0) is 0 Å². The SMILES string of the molecule is Cc1sc2ncnc(N/N=C/c3ccc(C(=O)O)cc3)c2c1C. The van der Waals surface area contributed by atoms with Crippen LogP contribution in [0.3, 0.4) is 0 Å². The van der Waals surface area contributed by atoms with Gasteiger partial charge in [0.25, 0.3) is 0 Å². The summed E-state index contributed by atoms with van der Waals surface area (Å²) in [6, 6.07) is 6.48. The van der Waals surface area contributed by atoms with Crippen molar-refractivity contribution in [2.45, 2.75) is 13.8 Å². The fourth-order valence-corrected chi connectivity index (χ4v) is 3.14. The number of anilines is 1. The minimum atomic E-state index is -0.946. The molecule has 3 aromatic rings. The van der Waals surface area contributed by atoms with Gasteiger partial charge in [0.05, 0.1) is 17.2 Å². The molecule has 1 aromatic carbocycles. The zero-order chi connectivity index (χ0) is 16.4. The Hall–Kier alpha value is -2.80. The summed E-state index contributed by atoms with van der Waals surface area (Å²) in [4.78, 5) is 21.5. The smallest absolute Gasteiger partial charge is 0.335 e. The average molecular weight is 326 g/mol. The number of aryl methyl sites for hydroxylation is 2. The zero-order valence-corrected chi connectivity index (χ0v) is 13.4. The summed E-state index contributed by atoms with van der Waals surface area (Å²) in [5, 5.41) is 14.0. The molecule has 0 spiro atoms. The lowest BCUT2D eigenvalue weighted by molar-refractivity contribution is 0.0697. The number of aromatic nitrogens is 2. The summed E-state index contributed by atoms with van der Waals surface area (Å²) in [5.41, 5.74) is 5.13. The number of hydrogen-bond acceptors (Lipinski definition) is 6. The van der Waals surface area contributed by atoms with Crippen LogP contribution in [0.2, 0.25) is 0 Å². The molecule has 2 aromatic heterocycles. The number of fused-ring (bicyclic) bond motifs is 1. The first-order chi connectivity index (χ1) is 11.1. The van der Waals surface area contributed by atoms with Crippen molar-refractivity contribution in [1.82, 2.24) is 9.97 Å². The largest absolute Gasteiger partial charge is 0.478 e. The van der Waals surface area contributed by atoms with E-state index in [4.69, 9.17) is 5.11 Å². The number of nitrogens with one attached hydrogen (secondary N) is 1. The molecule has 116 valence electrons. The molecule has 0 aliphatic heterocycles. The van der Waals surface area contributed by atoms with Gasteiger partial charge in [0, 0.05) is 4.88 Å². The molecule has 2 heterocycles. The quantitative estimate of drug-likeness (QED) is 0.566. The Morgan fingerprint density at radius 1 is 1.26 bits per heavy atom. The van der Waals surface area contributed by atoms with Gasteiger partial charge < -0.3 is 5.11 Å². The fourth-order valence-electron chi connectivity index (χ4n) is 2.15. The van der Waals surface area contributed by atoms with E-state index in [2.05, 4.69) is 27.4 Å². The molecule has 0 aliphatic carbocycles. The third-order valence-electron chi connectivity index (χ3n) is 3.51. The number of carboxylic acid groups (broad SMARTS) is 1. The Balaban J connectivity index is 1.81. The highest BCUT2D eigenvalue weighted by atomic mass is 32.1. The van der Waals surface area contributed by atoms with E-state index < -0.39 is 5.97 Å². The van der Waals surface area contributed by atoms with Gasteiger partial charge in [0.15, 0.2) is 5.82 Å². The van der Waals surface area contributed by atoms with Crippen LogP contribution in [0.4, 0.5) is 5.82 Å². The van der Waals surface area contributed by atoms with Gasteiger partial charge in [-0.3, -0.25) is 5.43 Å². The highest BCUT2D eigenvalue weighted by Gasteiger charge is 2.11. The molecule has 0 bridgehead atoms. The van der Waals surface area contributed by atoms with Gasteiger partial charge in [-0.2, -0.15) is 5.10 Å². The first kappa shape index (κ1) is 15.1. The summed E-state index contributed by atoms with van der Waals surface area (Å²) >= 11 is 1.63. The molecule has 0 saturated heterocycles. The van der Waals surface area contributed by atoms with Crippen LogP contribution in [-0.4, -0.2) is 27.3 Å². The Morgan fingerprint density at radius 3 is 2.70 bits per heavy atom. The van der Waals surface area contributed by atoms with Gasteiger partial charge in [0.1, 0.15) is 11.2 Å². The molecule has 7 heteroatoms. The highest BCUT2D eigenvalue weighted by Crippen LogP contribution is 2.32. The number of hydrogen-bond donors (Lipinski definition) is 2. The lowest BCUT2D eigenvalue weighted by atomic mass is 10.1. The number of carboxylic acids is 1. The van der Waals surface area contributed by atoms with Crippen molar-refractivity contribution in [3.05, 3.63) is 52.2 Å². The van der Waals surface area contributed by atoms with E-state index in [0.717, 1.165) is 21.3 Å². The number of benzene rings is 1. The van der Waals surface area contributed by atoms with Crippen LogP contribution in [0.15, 0.2) is 35.7 Å². The fraction of sp³-hybridized carbons (Fsp3) is 0.125. The topological polar surface area (TPSA) is 87.5 Å². The predicted octanol–water partition coefficient (Wildman–Crippen LogP) is 3.45. The van der Waals surface area contributed by atoms with Gasteiger partial charge in [-0.15, -0.1) is 11.3 Å². The Labute approximate surface area is 136 Å². The number of rotatable bonds is 4. The standard InChI is InChI=1S/C16H14N4O2S/c1-9-10(2)23-15-13(9)14(17-8-18-15)20-19-7-11-3-5-12(6-4-11)16(21)22/h3-8H,1-2H3,(H,21,22)(H,17,18,20)/b19-7+. The van der Waals surface area contributed by atoms with Crippen molar-refractivity contribution >= 4 is 39.6 Å². The minimum absolute atomic E-state index is 0.247. The lowest BCUT2D eigenvalue weighted by Gasteiger charge is -2.02. The van der Waals surface area contributed by atoms with Crippen molar-refractivity contribution in [2.24, 2.45) is 5.10 Å². The molecule has 23 heavy (non-hydrogen) atoms. The zero-order valence-electron chi connectivity index (χ0n) is 12.6. The monoisotopic (exact) mass is 326 g/mol. The second-order valence-electron chi connectivity index (χ2n) is 4.98. The Kier molecular flexibility index (Phi) is 4.03. The summed E-state index contributed by atoms with van der Waals surface area (Å²) in [6.45, 7) is 4.09. The van der Waals surface area contributed by atoms with Crippen molar-refractivity contribution < 1.29 is 9.90 Å². The molecule has 0 fully saturated rings. The lowest BCUT2D eigenvalue weighted by Crippen LogP contribution is -1.97. The molecular weight excluding hydrogens is 312 g/mol. The summed E-state index contributed by atoms with van der Waals surface area (Å²) in [5.74, 6) is -0.284. The number of hydrazone groups is 1.